The second-order valence-electron chi connectivity index (χ2n) is 8.01. The number of nitrogens with zero attached hydrogens (tertiary/aromatic N) is 2. The molecule has 0 aliphatic heterocycles. The number of hydrogen-bond acceptors (Lipinski definition) is 5. The van der Waals surface area contributed by atoms with Crippen LogP contribution in [0.15, 0.2) is 48.8 Å². The maximum absolute atomic E-state index is 13.8. The average Bonchev–Trinajstić information content (AvgIpc) is 2.74. The number of nitrogens with one attached hydrogen (secondary N) is 2. The van der Waals surface area contributed by atoms with Crippen LogP contribution < -0.4 is 10.0 Å². The molecule has 0 unspecified atom stereocenters. The zero-order valence-electron chi connectivity index (χ0n) is 17.1. The van der Waals surface area contributed by atoms with Gasteiger partial charge in [0.15, 0.2) is 0 Å². The van der Waals surface area contributed by atoms with Crippen molar-refractivity contribution in [2.24, 2.45) is 0 Å². The fraction of sp³-hybridized carbons (Fsp3) is 0.304. The summed E-state index contributed by atoms with van der Waals surface area (Å²) in [6.45, 7) is 0. The van der Waals surface area contributed by atoms with Gasteiger partial charge < -0.3 is 5.32 Å². The normalized spacial score (nSPS) is 19.1. The van der Waals surface area contributed by atoms with Gasteiger partial charge in [-0.2, -0.15) is 5.26 Å². The zero-order valence-corrected chi connectivity index (χ0v) is 17.9. The van der Waals surface area contributed by atoms with Crippen molar-refractivity contribution in [1.82, 2.24) is 9.71 Å². The van der Waals surface area contributed by atoms with E-state index in [4.69, 9.17) is 0 Å². The van der Waals surface area contributed by atoms with Crippen molar-refractivity contribution in [3.05, 3.63) is 60.2 Å². The Morgan fingerprint density at radius 2 is 1.81 bits per heavy atom. The molecule has 2 aromatic carbocycles. The summed E-state index contributed by atoms with van der Waals surface area (Å²) in [5.41, 5.74) is 2.58. The Morgan fingerprint density at radius 3 is 2.52 bits per heavy atom. The van der Waals surface area contributed by atoms with Crippen LogP contribution in [0.3, 0.4) is 0 Å². The molecule has 0 bridgehead atoms. The van der Waals surface area contributed by atoms with Crippen molar-refractivity contribution in [3.8, 4) is 17.2 Å². The number of pyridine rings is 1. The van der Waals surface area contributed by atoms with E-state index in [1.165, 1.54) is 12.3 Å². The third-order valence-corrected chi connectivity index (χ3v) is 6.40. The van der Waals surface area contributed by atoms with E-state index in [0.29, 0.717) is 0 Å². The summed E-state index contributed by atoms with van der Waals surface area (Å²) in [5, 5.41) is 14.7. The second kappa shape index (κ2) is 8.61. The standard InChI is InChI=1S/C23H23FN4O2S/c1-31(29,30)28-20-5-3-19(4-6-20)27-23-12-17(11-16-8-9-26-14-21(16)23)15-2-7-22(24)18(10-15)13-25/h2,7-12,14,19-20,27-28H,3-6H2,1H3/t19-,20-. The van der Waals surface area contributed by atoms with E-state index < -0.39 is 15.8 Å². The number of aromatic nitrogens is 1. The van der Waals surface area contributed by atoms with E-state index in [9.17, 15) is 18.1 Å². The lowest BCUT2D eigenvalue weighted by Gasteiger charge is -2.30. The first-order chi connectivity index (χ1) is 14.8. The van der Waals surface area contributed by atoms with Crippen LogP contribution in [0.4, 0.5) is 10.1 Å². The molecule has 1 aromatic heterocycles. The average molecular weight is 439 g/mol. The van der Waals surface area contributed by atoms with E-state index in [1.54, 1.807) is 18.3 Å². The number of benzene rings is 2. The van der Waals surface area contributed by atoms with Crippen LogP contribution in [0.1, 0.15) is 31.2 Å². The first kappa shape index (κ1) is 21.2. The molecule has 0 amide bonds. The van der Waals surface area contributed by atoms with Crippen molar-refractivity contribution in [2.45, 2.75) is 37.8 Å². The Morgan fingerprint density at radius 1 is 1.06 bits per heavy atom. The van der Waals surface area contributed by atoms with Crippen molar-refractivity contribution in [1.29, 1.82) is 5.26 Å². The molecule has 2 N–H and O–H groups in total. The molecule has 4 rings (SSSR count). The van der Waals surface area contributed by atoms with Gasteiger partial charge in [0.2, 0.25) is 10.0 Å². The molecule has 1 saturated carbocycles. The summed E-state index contributed by atoms with van der Waals surface area (Å²) in [6.07, 6.45) is 7.94. The van der Waals surface area contributed by atoms with E-state index in [0.717, 1.165) is 53.3 Å². The summed E-state index contributed by atoms with van der Waals surface area (Å²) in [5.74, 6) is -0.533. The zero-order chi connectivity index (χ0) is 22.0. The van der Waals surface area contributed by atoms with Gasteiger partial charge >= 0.3 is 0 Å². The lowest BCUT2D eigenvalue weighted by Crippen LogP contribution is -2.39. The molecular weight excluding hydrogens is 415 g/mol. The quantitative estimate of drug-likeness (QED) is 0.623. The number of nitriles is 1. The number of rotatable bonds is 5. The van der Waals surface area contributed by atoms with Gasteiger partial charge in [-0.1, -0.05) is 6.07 Å². The molecule has 0 spiro atoms. The van der Waals surface area contributed by atoms with Crippen LogP contribution in [-0.2, 0) is 10.0 Å². The number of fused-ring (bicyclic) bond motifs is 1. The third kappa shape index (κ3) is 5.01. The minimum atomic E-state index is -3.20. The molecule has 160 valence electrons. The number of halogens is 1. The van der Waals surface area contributed by atoms with Crippen molar-refractivity contribution < 1.29 is 12.8 Å². The fourth-order valence-corrected chi connectivity index (χ4v) is 4.99. The molecule has 6 nitrogen and oxygen atoms in total. The largest absolute Gasteiger partial charge is 0.382 e. The molecule has 0 atom stereocenters. The summed E-state index contributed by atoms with van der Waals surface area (Å²) < 4.78 is 39.4. The number of sulfonamides is 1. The predicted molar refractivity (Wildman–Crippen MR) is 119 cm³/mol. The van der Waals surface area contributed by atoms with Crippen LogP contribution >= 0.6 is 0 Å². The van der Waals surface area contributed by atoms with Crippen LogP contribution in [0.25, 0.3) is 21.9 Å². The minimum absolute atomic E-state index is 0.0125. The van der Waals surface area contributed by atoms with Crippen LogP contribution in [0.5, 0.6) is 0 Å². The Balaban J connectivity index is 1.62. The molecule has 3 aromatic rings. The van der Waals surface area contributed by atoms with Gasteiger partial charge in [-0.25, -0.2) is 17.5 Å². The van der Waals surface area contributed by atoms with Gasteiger partial charge in [-0.05, 0) is 72.5 Å². The highest BCUT2D eigenvalue weighted by Crippen LogP contribution is 2.33. The monoisotopic (exact) mass is 438 g/mol. The first-order valence-electron chi connectivity index (χ1n) is 10.1. The van der Waals surface area contributed by atoms with Crippen LogP contribution in [-0.4, -0.2) is 31.7 Å². The lowest BCUT2D eigenvalue weighted by atomic mass is 9.91. The molecule has 1 fully saturated rings. The second-order valence-corrected chi connectivity index (χ2v) is 9.79. The SMILES string of the molecule is CS(=O)(=O)N[C@H]1CC[C@H](Nc2cc(-c3ccc(F)c(C#N)c3)cc3ccncc23)CC1. The Labute approximate surface area is 181 Å². The van der Waals surface area contributed by atoms with Crippen molar-refractivity contribution in [2.75, 3.05) is 11.6 Å². The maximum Gasteiger partial charge on any atom is 0.208 e. The summed E-state index contributed by atoms with van der Waals surface area (Å²) in [6, 6.07) is 12.5. The van der Waals surface area contributed by atoms with Gasteiger partial charge in [-0.3, -0.25) is 4.98 Å². The topological polar surface area (TPSA) is 94.9 Å². The number of anilines is 1. The van der Waals surface area contributed by atoms with Gasteiger partial charge in [0.05, 0.1) is 11.8 Å². The highest BCUT2D eigenvalue weighted by Gasteiger charge is 2.23. The third-order valence-electron chi connectivity index (χ3n) is 5.64. The summed E-state index contributed by atoms with van der Waals surface area (Å²) in [4.78, 5) is 4.25. The maximum atomic E-state index is 13.8. The van der Waals surface area contributed by atoms with Crippen molar-refractivity contribution >= 4 is 26.5 Å². The molecular formula is C23H23FN4O2S. The Bertz CT molecular complexity index is 1260. The van der Waals surface area contributed by atoms with Gasteiger partial charge in [0.25, 0.3) is 0 Å². The van der Waals surface area contributed by atoms with E-state index in [-0.39, 0.29) is 17.6 Å². The lowest BCUT2D eigenvalue weighted by molar-refractivity contribution is 0.388. The van der Waals surface area contributed by atoms with Crippen LogP contribution in [0.2, 0.25) is 0 Å². The molecule has 31 heavy (non-hydrogen) atoms. The van der Waals surface area contributed by atoms with E-state index in [1.807, 2.05) is 30.5 Å². The first-order valence-corrected chi connectivity index (χ1v) is 12.0. The molecule has 1 aliphatic carbocycles. The van der Waals surface area contributed by atoms with Gasteiger partial charge in [0.1, 0.15) is 11.9 Å². The summed E-state index contributed by atoms with van der Waals surface area (Å²) >= 11 is 0. The van der Waals surface area contributed by atoms with Gasteiger partial charge in [0, 0.05) is 35.6 Å². The summed E-state index contributed by atoms with van der Waals surface area (Å²) in [7, 11) is -3.20. The molecule has 0 radical (unpaired) electrons. The van der Waals surface area contributed by atoms with Gasteiger partial charge in [-0.15, -0.1) is 0 Å². The minimum Gasteiger partial charge on any atom is -0.382 e. The smallest absolute Gasteiger partial charge is 0.208 e. The molecule has 1 heterocycles. The van der Waals surface area contributed by atoms with Crippen LogP contribution in [0, 0.1) is 17.1 Å². The number of hydrogen-bond donors (Lipinski definition) is 2. The highest BCUT2D eigenvalue weighted by molar-refractivity contribution is 7.88. The molecule has 0 saturated heterocycles. The Kier molecular flexibility index (Phi) is 5.90. The highest BCUT2D eigenvalue weighted by atomic mass is 32.2. The fourth-order valence-electron chi connectivity index (χ4n) is 4.15. The predicted octanol–water partition coefficient (Wildman–Crippen LogP) is 4.18. The van der Waals surface area contributed by atoms with Crippen molar-refractivity contribution in [3.63, 3.8) is 0 Å². The van der Waals surface area contributed by atoms with E-state index >= 15 is 0 Å². The molecule has 1 aliphatic rings. The molecule has 8 heteroatoms. The Hall–Kier alpha value is -3.02. The van der Waals surface area contributed by atoms with E-state index in [2.05, 4.69) is 15.0 Å².